The van der Waals surface area contributed by atoms with Gasteiger partial charge in [0.2, 0.25) is 0 Å². The third-order valence-electron chi connectivity index (χ3n) is 1.79. The molecule has 0 aliphatic carbocycles. The Morgan fingerprint density at radius 3 is 3.00 bits per heavy atom. The van der Waals surface area contributed by atoms with Crippen molar-refractivity contribution in [1.82, 2.24) is 4.98 Å². The summed E-state index contributed by atoms with van der Waals surface area (Å²) in [5, 5.41) is 0.278. The van der Waals surface area contributed by atoms with Crippen molar-refractivity contribution in [3.8, 4) is 5.75 Å². The van der Waals surface area contributed by atoms with Crippen molar-refractivity contribution in [2.24, 2.45) is 0 Å². The van der Waals surface area contributed by atoms with E-state index in [9.17, 15) is 4.79 Å². The maximum atomic E-state index is 11.1. The highest BCUT2D eigenvalue weighted by Crippen LogP contribution is 2.25. The van der Waals surface area contributed by atoms with Crippen LogP contribution < -0.4 is 4.74 Å². The molecule has 0 bridgehead atoms. The van der Waals surface area contributed by atoms with E-state index in [4.69, 9.17) is 21.1 Å². The molecule has 1 aromatic rings. The molecule has 0 amide bonds. The fourth-order valence-electron chi connectivity index (χ4n) is 1.10. The molecular weight excluding hydrogens is 230 g/mol. The quantitative estimate of drug-likeness (QED) is 0.461. The summed E-state index contributed by atoms with van der Waals surface area (Å²) in [6.07, 6.45) is 4.34. The molecule has 0 aromatic carbocycles. The Kier molecular flexibility index (Phi) is 4.79. The van der Waals surface area contributed by atoms with Gasteiger partial charge in [0.1, 0.15) is 10.9 Å². The number of rotatable bonds is 4. The first kappa shape index (κ1) is 12.5. The van der Waals surface area contributed by atoms with E-state index in [0.717, 1.165) is 0 Å². The van der Waals surface area contributed by atoms with Crippen LogP contribution in [0.3, 0.4) is 0 Å². The highest BCUT2D eigenvalue weighted by atomic mass is 35.5. The molecular formula is C11H12ClNO3. The van der Waals surface area contributed by atoms with Gasteiger partial charge in [0, 0.05) is 12.3 Å². The summed E-state index contributed by atoms with van der Waals surface area (Å²) in [4.78, 5) is 15.0. The number of methoxy groups -OCH3 is 1. The zero-order chi connectivity index (χ0) is 12.0. The van der Waals surface area contributed by atoms with E-state index in [0.29, 0.717) is 17.9 Å². The predicted molar refractivity (Wildman–Crippen MR) is 61.5 cm³/mol. The van der Waals surface area contributed by atoms with Crippen molar-refractivity contribution in [3.05, 3.63) is 29.1 Å². The third-order valence-corrected chi connectivity index (χ3v) is 2.10. The lowest BCUT2D eigenvalue weighted by Crippen LogP contribution is -1.99. The average molecular weight is 242 g/mol. The molecule has 0 spiro atoms. The van der Waals surface area contributed by atoms with Crippen molar-refractivity contribution in [2.45, 2.75) is 6.92 Å². The van der Waals surface area contributed by atoms with Crippen LogP contribution >= 0.6 is 11.6 Å². The highest BCUT2D eigenvalue weighted by Gasteiger charge is 2.06. The number of hydrogen-bond acceptors (Lipinski definition) is 4. The molecule has 0 unspecified atom stereocenters. The molecule has 86 valence electrons. The van der Waals surface area contributed by atoms with Crippen LogP contribution in [0, 0.1) is 0 Å². The highest BCUT2D eigenvalue weighted by molar-refractivity contribution is 6.31. The molecule has 5 heteroatoms. The van der Waals surface area contributed by atoms with Crippen molar-refractivity contribution in [3.63, 3.8) is 0 Å². The average Bonchev–Trinajstić information content (AvgIpc) is 2.27. The van der Waals surface area contributed by atoms with Gasteiger partial charge in [-0.05, 0) is 19.1 Å². The lowest BCUT2D eigenvalue weighted by Gasteiger charge is -2.04. The predicted octanol–water partition coefficient (Wildman–Crippen LogP) is 2.32. The van der Waals surface area contributed by atoms with Gasteiger partial charge in [0.25, 0.3) is 0 Å². The van der Waals surface area contributed by atoms with Gasteiger partial charge < -0.3 is 9.47 Å². The van der Waals surface area contributed by atoms with Gasteiger partial charge in [-0.2, -0.15) is 0 Å². The maximum absolute atomic E-state index is 11.1. The second-order valence-electron chi connectivity index (χ2n) is 2.80. The van der Waals surface area contributed by atoms with E-state index in [-0.39, 0.29) is 5.15 Å². The van der Waals surface area contributed by atoms with Crippen LogP contribution in [0.1, 0.15) is 12.5 Å². The molecule has 1 aromatic heterocycles. The molecule has 0 radical (unpaired) electrons. The van der Waals surface area contributed by atoms with Crippen LogP contribution in [0.5, 0.6) is 5.75 Å². The number of esters is 1. The number of pyridine rings is 1. The smallest absolute Gasteiger partial charge is 0.330 e. The van der Waals surface area contributed by atoms with Crippen LogP contribution in [-0.2, 0) is 9.53 Å². The van der Waals surface area contributed by atoms with E-state index in [1.54, 1.807) is 13.0 Å². The van der Waals surface area contributed by atoms with Gasteiger partial charge in [0.15, 0.2) is 0 Å². The zero-order valence-electron chi connectivity index (χ0n) is 9.07. The summed E-state index contributed by atoms with van der Waals surface area (Å²) in [6, 6.07) is 1.66. The van der Waals surface area contributed by atoms with Gasteiger partial charge in [0.05, 0.1) is 19.3 Å². The lowest BCUT2D eigenvalue weighted by molar-refractivity contribution is -0.137. The first-order chi connectivity index (χ1) is 7.69. The Bertz CT molecular complexity index is 404. The van der Waals surface area contributed by atoms with E-state index in [1.807, 2.05) is 0 Å². The number of halogens is 1. The fraction of sp³-hybridized carbons (Fsp3) is 0.273. The first-order valence-electron chi connectivity index (χ1n) is 4.72. The Morgan fingerprint density at radius 2 is 2.38 bits per heavy atom. The van der Waals surface area contributed by atoms with Crippen LogP contribution in [-0.4, -0.2) is 24.7 Å². The number of carbonyl (C=O) groups excluding carboxylic acids is 1. The Labute approximate surface area is 98.8 Å². The minimum Gasteiger partial charge on any atom is -0.496 e. The maximum Gasteiger partial charge on any atom is 0.330 e. The van der Waals surface area contributed by atoms with Crippen molar-refractivity contribution >= 4 is 23.6 Å². The molecule has 0 saturated carbocycles. The first-order valence-corrected chi connectivity index (χ1v) is 5.10. The summed E-state index contributed by atoms with van der Waals surface area (Å²) < 4.78 is 9.84. The van der Waals surface area contributed by atoms with Crippen molar-refractivity contribution in [1.29, 1.82) is 0 Å². The normalized spacial score (nSPS) is 10.4. The number of ether oxygens (including phenoxy) is 2. The van der Waals surface area contributed by atoms with Crippen LogP contribution in [0.15, 0.2) is 18.3 Å². The molecule has 0 aliphatic rings. The second kappa shape index (κ2) is 6.12. The summed E-state index contributed by atoms with van der Waals surface area (Å²) in [6.45, 7) is 2.07. The Hall–Kier alpha value is -1.55. The minimum absolute atomic E-state index is 0.278. The number of hydrogen-bond donors (Lipinski definition) is 0. The van der Waals surface area contributed by atoms with Gasteiger partial charge in [-0.1, -0.05) is 11.6 Å². The van der Waals surface area contributed by atoms with Gasteiger partial charge >= 0.3 is 5.97 Å². The third kappa shape index (κ3) is 3.24. The van der Waals surface area contributed by atoms with Gasteiger partial charge in [-0.25, -0.2) is 9.78 Å². The largest absolute Gasteiger partial charge is 0.496 e. The zero-order valence-corrected chi connectivity index (χ0v) is 9.82. The van der Waals surface area contributed by atoms with Gasteiger partial charge in [-0.15, -0.1) is 0 Å². The summed E-state index contributed by atoms with van der Waals surface area (Å²) in [5.74, 6) is 0.130. The summed E-state index contributed by atoms with van der Waals surface area (Å²) in [5.41, 5.74) is 0.555. The minimum atomic E-state index is -0.426. The molecule has 0 saturated heterocycles. The van der Waals surface area contributed by atoms with E-state index >= 15 is 0 Å². The van der Waals surface area contributed by atoms with E-state index in [1.165, 1.54) is 25.5 Å². The summed E-state index contributed by atoms with van der Waals surface area (Å²) in [7, 11) is 1.52. The molecule has 1 heterocycles. The summed E-state index contributed by atoms with van der Waals surface area (Å²) >= 11 is 5.87. The lowest BCUT2D eigenvalue weighted by atomic mass is 10.2. The molecule has 0 fully saturated rings. The Balaban J connectivity index is 2.91. The van der Waals surface area contributed by atoms with Crippen LogP contribution in [0.2, 0.25) is 5.15 Å². The van der Waals surface area contributed by atoms with E-state index < -0.39 is 5.97 Å². The number of nitrogens with zero attached hydrogens (tertiary/aromatic N) is 1. The fourth-order valence-corrected chi connectivity index (χ4v) is 1.31. The number of aromatic nitrogens is 1. The molecule has 4 nitrogen and oxygen atoms in total. The Morgan fingerprint density at radius 1 is 1.62 bits per heavy atom. The second-order valence-corrected chi connectivity index (χ2v) is 3.16. The standard InChI is InChI=1S/C11H12ClNO3/c1-3-16-10(14)5-4-8-9(15-2)6-7-13-11(8)12/h4-7H,3H2,1-2H3/b5-4+. The van der Waals surface area contributed by atoms with Crippen molar-refractivity contribution < 1.29 is 14.3 Å². The monoisotopic (exact) mass is 241 g/mol. The van der Waals surface area contributed by atoms with E-state index in [2.05, 4.69) is 4.98 Å². The van der Waals surface area contributed by atoms with Crippen LogP contribution in [0.25, 0.3) is 6.08 Å². The van der Waals surface area contributed by atoms with Gasteiger partial charge in [-0.3, -0.25) is 0 Å². The number of carbonyl (C=O) groups is 1. The van der Waals surface area contributed by atoms with Crippen molar-refractivity contribution in [2.75, 3.05) is 13.7 Å². The molecule has 16 heavy (non-hydrogen) atoms. The SMILES string of the molecule is CCOC(=O)/C=C/c1c(OC)ccnc1Cl. The topological polar surface area (TPSA) is 48.4 Å². The molecule has 0 aliphatic heterocycles. The molecule has 0 atom stereocenters. The van der Waals surface area contributed by atoms with Crippen LogP contribution in [0.4, 0.5) is 0 Å². The molecule has 0 N–H and O–H groups in total. The molecule has 1 rings (SSSR count).